The highest BCUT2D eigenvalue weighted by Crippen LogP contribution is 2.11. The Kier molecular flexibility index (Phi) is 2.93. The summed E-state index contributed by atoms with van der Waals surface area (Å²) in [6.45, 7) is 6.19. The minimum absolute atomic E-state index is 0.215. The Bertz CT molecular complexity index is 228. The van der Waals surface area contributed by atoms with Gasteiger partial charge in [-0.1, -0.05) is 0 Å². The van der Waals surface area contributed by atoms with Gasteiger partial charge in [-0.2, -0.15) is 0 Å². The summed E-state index contributed by atoms with van der Waals surface area (Å²) in [5.74, 6) is -0.215. The molecular weight excluding hydrogens is 170 g/mol. The largest absolute Gasteiger partial charge is 0.500 e. The number of rotatable bonds is 2. The number of hydroxylamine groups is 1. The number of amides is 1. The molecule has 4 heteroatoms. The lowest BCUT2D eigenvalue weighted by atomic mass is 10.2. The van der Waals surface area contributed by atoms with E-state index in [9.17, 15) is 4.79 Å². The van der Waals surface area contributed by atoms with E-state index in [4.69, 9.17) is 9.57 Å². The summed E-state index contributed by atoms with van der Waals surface area (Å²) >= 11 is 0. The molecule has 1 aliphatic rings. The second kappa shape index (κ2) is 3.79. The zero-order valence-corrected chi connectivity index (χ0v) is 8.22. The van der Waals surface area contributed by atoms with Crippen molar-refractivity contribution in [3.63, 3.8) is 0 Å². The highest BCUT2D eigenvalue weighted by Gasteiger charge is 2.17. The van der Waals surface area contributed by atoms with Gasteiger partial charge in [-0.05, 0) is 20.8 Å². The van der Waals surface area contributed by atoms with E-state index < -0.39 is 0 Å². The average Bonchev–Trinajstić information content (AvgIpc) is 2.50. The first-order chi connectivity index (χ1) is 5.99. The van der Waals surface area contributed by atoms with Crippen LogP contribution >= 0.6 is 0 Å². The topological polar surface area (TPSA) is 47.6 Å². The Morgan fingerprint density at radius 1 is 1.62 bits per heavy atom. The van der Waals surface area contributed by atoms with Crippen molar-refractivity contribution in [1.82, 2.24) is 5.48 Å². The van der Waals surface area contributed by atoms with Crippen LogP contribution in [0.1, 0.15) is 27.2 Å². The van der Waals surface area contributed by atoms with Crippen molar-refractivity contribution in [2.45, 2.75) is 32.8 Å². The van der Waals surface area contributed by atoms with Gasteiger partial charge in [0.2, 0.25) is 0 Å². The van der Waals surface area contributed by atoms with Gasteiger partial charge in [0.25, 0.3) is 5.91 Å². The van der Waals surface area contributed by atoms with E-state index in [1.54, 1.807) is 0 Å². The zero-order chi connectivity index (χ0) is 9.90. The Hall–Kier alpha value is -1.03. The Morgan fingerprint density at radius 3 is 2.77 bits per heavy atom. The van der Waals surface area contributed by atoms with Crippen molar-refractivity contribution in [1.29, 1.82) is 0 Å². The van der Waals surface area contributed by atoms with Crippen LogP contribution in [0.15, 0.2) is 11.8 Å². The third-order valence-corrected chi connectivity index (χ3v) is 1.46. The van der Waals surface area contributed by atoms with E-state index >= 15 is 0 Å². The first-order valence-electron chi connectivity index (χ1n) is 4.28. The number of hydrogen-bond donors (Lipinski definition) is 1. The van der Waals surface area contributed by atoms with Crippen molar-refractivity contribution in [2.24, 2.45) is 0 Å². The second-order valence-corrected chi connectivity index (χ2v) is 3.91. The maximum atomic E-state index is 11.3. The lowest BCUT2D eigenvalue weighted by Crippen LogP contribution is -2.34. The Balaban J connectivity index is 2.33. The average molecular weight is 185 g/mol. The van der Waals surface area contributed by atoms with Gasteiger partial charge in [0.15, 0.2) is 0 Å². The minimum Gasteiger partial charge on any atom is -0.500 e. The predicted octanol–water partition coefficient (Wildman–Crippen LogP) is 1.14. The van der Waals surface area contributed by atoms with Crippen molar-refractivity contribution in [3.8, 4) is 0 Å². The molecule has 0 aromatic carbocycles. The molecule has 0 aromatic heterocycles. The van der Waals surface area contributed by atoms with Crippen LogP contribution in [0, 0.1) is 0 Å². The van der Waals surface area contributed by atoms with Crippen LogP contribution in [0.3, 0.4) is 0 Å². The lowest BCUT2D eigenvalue weighted by Gasteiger charge is -2.18. The van der Waals surface area contributed by atoms with E-state index in [1.807, 2.05) is 20.8 Å². The molecule has 13 heavy (non-hydrogen) atoms. The maximum absolute atomic E-state index is 11.3. The molecule has 0 fully saturated rings. The van der Waals surface area contributed by atoms with Crippen LogP contribution in [0.2, 0.25) is 0 Å². The van der Waals surface area contributed by atoms with Crippen LogP contribution in [0.25, 0.3) is 0 Å². The molecule has 0 bridgehead atoms. The molecule has 1 aliphatic heterocycles. The van der Waals surface area contributed by atoms with Crippen molar-refractivity contribution in [3.05, 3.63) is 11.8 Å². The van der Waals surface area contributed by atoms with E-state index in [2.05, 4.69) is 5.48 Å². The van der Waals surface area contributed by atoms with Crippen molar-refractivity contribution in [2.75, 3.05) is 6.61 Å². The molecule has 74 valence electrons. The van der Waals surface area contributed by atoms with Gasteiger partial charge in [-0.25, -0.2) is 5.48 Å². The van der Waals surface area contributed by atoms with Crippen LogP contribution in [0.5, 0.6) is 0 Å². The standard InChI is InChI=1S/C9H15NO3/c1-9(2,3)13-10-8(11)7-4-5-12-6-7/h6H,4-5H2,1-3H3,(H,10,11). The molecule has 1 N–H and O–H groups in total. The summed E-state index contributed by atoms with van der Waals surface area (Å²) in [6.07, 6.45) is 2.13. The van der Waals surface area contributed by atoms with Gasteiger partial charge in [0.1, 0.15) is 0 Å². The molecule has 1 rings (SSSR count). The van der Waals surface area contributed by atoms with E-state index in [0.29, 0.717) is 18.6 Å². The zero-order valence-electron chi connectivity index (χ0n) is 8.22. The number of ether oxygens (including phenoxy) is 1. The molecule has 0 radical (unpaired) electrons. The third-order valence-electron chi connectivity index (χ3n) is 1.46. The van der Waals surface area contributed by atoms with Gasteiger partial charge >= 0.3 is 0 Å². The number of nitrogens with one attached hydrogen (secondary N) is 1. The highest BCUT2D eigenvalue weighted by molar-refractivity contribution is 5.92. The monoisotopic (exact) mass is 185 g/mol. The molecular formula is C9H15NO3. The molecule has 1 heterocycles. The predicted molar refractivity (Wildman–Crippen MR) is 47.6 cm³/mol. The quantitative estimate of drug-likeness (QED) is 0.656. The maximum Gasteiger partial charge on any atom is 0.274 e. The molecule has 0 unspecified atom stereocenters. The highest BCUT2D eigenvalue weighted by atomic mass is 16.7. The van der Waals surface area contributed by atoms with Crippen LogP contribution in [-0.2, 0) is 14.4 Å². The van der Waals surface area contributed by atoms with Crippen molar-refractivity contribution >= 4 is 5.91 Å². The first-order valence-corrected chi connectivity index (χ1v) is 4.28. The Morgan fingerprint density at radius 2 is 2.31 bits per heavy atom. The fourth-order valence-corrected chi connectivity index (χ4v) is 0.819. The van der Waals surface area contributed by atoms with E-state index in [-0.39, 0.29) is 11.5 Å². The number of carbonyl (C=O) groups excluding carboxylic acids is 1. The van der Waals surface area contributed by atoms with Crippen molar-refractivity contribution < 1.29 is 14.4 Å². The summed E-state index contributed by atoms with van der Waals surface area (Å²) in [7, 11) is 0. The molecule has 0 saturated carbocycles. The minimum atomic E-state index is -0.365. The molecule has 0 aliphatic carbocycles. The van der Waals surface area contributed by atoms with Crippen LogP contribution in [0.4, 0.5) is 0 Å². The van der Waals surface area contributed by atoms with E-state index in [1.165, 1.54) is 6.26 Å². The van der Waals surface area contributed by atoms with Gasteiger partial charge in [0, 0.05) is 6.42 Å². The molecule has 0 spiro atoms. The second-order valence-electron chi connectivity index (χ2n) is 3.91. The summed E-state index contributed by atoms with van der Waals surface area (Å²) < 4.78 is 4.93. The van der Waals surface area contributed by atoms with Gasteiger partial charge in [0.05, 0.1) is 24.0 Å². The van der Waals surface area contributed by atoms with Crippen LogP contribution in [-0.4, -0.2) is 18.1 Å². The van der Waals surface area contributed by atoms with Gasteiger partial charge < -0.3 is 4.74 Å². The van der Waals surface area contributed by atoms with Crippen LogP contribution < -0.4 is 5.48 Å². The summed E-state index contributed by atoms with van der Waals surface area (Å²) in [5.41, 5.74) is 2.64. The lowest BCUT2D eigenvalue weighted by molar-refractivity contribution is -0.141. The molecule has 0 aromatic rings. The molecule has 1 amide bonds. The molecule has 0 saturated heterocycles. The molecule has 4 nitrogen and oxygen atoms in total. The number of carbonyl (C=O) groups is 1. The van der Waals surface area contributed by atoms with Gasteiger partial charge in [-0.15, -0.1) is 0 Å². The fourth-order valence-electron chi connectivity index (χ4n) is 0.819. The van der Waals surface area contributed by atoms with E-state index in [0.717, 1.165) is 0 Å². The molecule has 0 atom stereocenters. The SMILES string of the molecule is CC(C)(C)ONC(=O)C1=COCC1. The smallest absolute Gasteiger partial charge is 0.274 e. The fraction of sp³-hybridized carbons (Fsp3) is 0.667. The van der Waals surface area contributed by atoms with Gasteiger partial charge in [-0.3, -0.25) is 9.63 Å². The normalized spacial score (nSPS) is 16.4. The Labute approximate surface area is 77.9 Å². The number of hydrogen-bond acceptors (Lipinski definition) is 3. The summed E-state index contributed by atoms with van der Waals surface area (Å²) in [4.78, 5) is 16.4. The first kappa shape index (κ1) is 10.1. The third kappa shape index (κ3) is 3.46. The summed E-state index contributed by atoms with van der Waals surface area (Å²) in [5, 5.41) is 0. The summed E-state index contributed by atoms with van der Waals surface area (Å²) in [6, 6.07) is 0.